The van der Waals surface area contributed by atoms with Gasteiger partial charge < -0.3 is 5.32 Å². The molecule has 0 spiro atoms. The maximum Gasteiger partial charge on any atom is 0.264 e. The highest BCUT2D eigenvalue weighted by molar-refractivity contribution is 7.92. The van der Waals surface area contributed by atoms with Crippen LogP contribution in [-0.2, 0) is 14.8 Å². The van der Waals surface area contributed by atoms with Gasteiger partial charge in [-0.25, -0.2) is 23.1 Å². The summed E-state index contributed by atoms with van der Waals surface area (Å²) in [6.45, 7) is 0. The maximum absolute atomic E-state index is 12.3. The fraction of sp³-hybridized carbons (Fsp3) is 0.235. The molecule has 0 saturated heterocycles. The first-order valence-electron chi connectivity index (χ1n) is 7.93. The number of nitrogens with zero attached hydrogens (tertiary/aromatic N) is 2. The van der Waals surface area contributed by atoms with E-state index in [9.17, 15) is 13.2 Å². The zero-order valence-corrected chi connectivity index (χ0v) is 14.3. The van der Waals surface area contributed by atoms with Gasteiger partial charge in [-0.3, -0.25) is 4.79 Å². The second-order valence-electron chi connectivity index (χ2n) is 5.65. The van der Waals surface area contributed by atoms with E-state index in [1.54, 1.807) is 24.4 Å². The number of sulfonamides is 1. The zero-order chi connectivity index (χ0) is 17.7. The lowest BCUT2D eigenvalue weighted by atomic mass is 9.94. The summed E-state index contributed by atoms with van der Waals surface area (Å²) in [5.41, 5.74) is 1.49. The molecule has 130 valence electrons. The second-order valence-corrected chi connectivity index (χ2v) is 7.33. The monoisotopic (exact) mass is 358 g/mol. The molecule has 2 N–H and O–H groups in total. The molecule has 25 heavy (non-hydrogen) atoms. The Labute approximate surface area is 146 Å². The molecule has 1 fully saturated rings. The molecule has 0 radical (unpaired) electrons. The standard InChI is InChI=1S/C17H18N4O3S/c22-16-5-2-1-4-13(16)12-20-14-6-8-15(9-7-14)25(23,24)21-17-18-10-3-11-19-17/h3,6-12,20H,1-2,4-5H2,(H,18,19,21)/b13-12+. The number of hydrogen-bond acceptors (Lipinski definition) is 6. The van der Waals surface area contributed by atoms with Crippen LogP contribution >= 0.6 is 0 Å². The third-order valence-electron chi connectivity index (χ3n) is 3.83. The summed E-state index contributed by atoms with van der Waals surface area (Å²) in [6, 6.07) is 7.85. The Kier molecular flexibility index (Phi) is 5.08. The summed E-state index contributed by atoms with van der Waals surface area (Å²) in [5.74, 6) is 0.190. The average molecular weight is 358 g/mol. The number of Topliss-reactive ketones (excluding diaryl/α,β-unsaturated/α-hetero) is 1. The van der Waals surface area contributed by atoms with Gasteiger partial charge in [0.2, 0.25) is 5.95 Å². The van der Waals surface area contributed by atoms with Crippen LogP contribution in [0, 0.1) is 0 Å². The summed E-state index contributed by atoms with van der Waals surface area (Å²) in [5, 5.41) is 3.05. The van der Waals surface area contributed by atoms with Crippen LogP contribution in [0.1, 0.15) is 25.7 Å². The van der Waals surface area contributed by atoms with Crippen LogP contribution in [0.3, 0.4) is 0 Å². The number of allylic oxidation sites excluding steroid dienone is 1. The third-order valence-corrected chi connectivity index (χ3v) is 5.17. The number of aromatic nitrogens is 2. The molecule has 0 bridgehead atoms. The molecule has 7 nitrogen and oxygen atoms in total. The number of anilines is 2. The van der Waals surface area contributed by atoms with Crippen molar-refractivity contribution in [1.29, 1.82) is 0 Å². The van der Waals surface area contributed by atoms with Crippen LogP contribution in [0.15, 0.2) is 59.4 Å². The van der Waals surface area contributed by atoms with Gasteiger partial charge in [0.15, 0.2) is 5.78 Å². The smallest absolute Gasteiger partial charge is 0.264 e. The molecule has 1 heterocycles. The van der Waals surface area contributed by atoms with Gasteiger partial charge >= 0.3 is 0 Å². The van der Waals surface area contributed by atoms with Gasteiger partial charge in [-0.1, -0.05) is 0 Å². The number of ketones is 1. The highest BCUT2D eigenvalue weighted by atomic mass is 32.2. The molecular weight excluding hydrogens is 340 g/mol. The summed E-state index contributed by atoms with van der Waals surface area (Å²) >= 11 is 0. The van der Waals surface area contributed by atoms with Gasteiger partial charge in [0.05, 0.1) is 4.90 Å². The first-order valence-corrected chi connectivity index (χ1v) is 9.41. The second kappa shape index (κ2) is 7.43. The van der Waals surface area contributed by atoms with Crippen LogP contribution in [0.25, 0.3) is 0 Å². The lowest BCUT2D eigenvalue weighted by Gasteiger charge is -2.13. The Balaban J connectivity index is 1.69. The largest absolute Gasteiger partial charge is 0.361 e. The van der Waals surface area contributed by atoms with Crippen molar-refractivity contribution in [3.05, 3.63) is 54.5 Å². The van der Waals surface area contributed by atoms with Gasteiger partial charge in [0.25, 0.3) is 10.0 Å². The summed E-state index contributed by atoms with van der Waals surface area (Å²) < 4.78 is 26.9. The van der Waals surface area contributed by atoms with Crippen molar-refractivity contribution in [2.75, 3.05) is 10.0 Å². The van der Waals surface area contributed by atoms with Gasteiger partial charge in [0.1, 0.15) is 0 Å². The topological polar surface area (TPSA) is 101 Å². The van der Waals surface area contributed by atoms with Crippen LogP contribution in [0.2, 0.25) is 0 Å². The molecule has 0 amide bonds. The summed E-state index contributed by atoms with van der Waals surface area (Å²) in [6.07, 6.45) is 7.96. The maximum atomic E-state index is 12.3. The fourth-order valence-electron chi connectivity index (χ4n) is 2.49. The van der Waals surface area contributed by atoms with Gasteiger partial charge in [-0.05, 0) is 49.6 Å². The Morgan fingerprint density at radius 3 is 2.36 bits per heavy atom. The molecule has 0 atom stereocenters. The van der Waals surface area contributed by atoms with Crippen LogP contribution in [0.5, 0.6) is 0 Å². The van der Waals surface area contributed by atoms with E-state index in [4.69, 9.17) is 0 Å². The first kappa shape index (κ1) is 17.1. The molecule has 8 heteroatoms. The molecule has 1 aromatic carbocycles. The normalized spacial score (nSPS) is 16.6. The minimum Gasteiger partial charge on any atom is -0.361 e. The molecule has 1 saturated carbocycles. The summed E-state index contributed by atoms with van der Waals surface area (Å²) in [4.78, 5) is 19.6. The van der Waals surface area contributed by atoms with E-state index in [0.29, 0.717) is 12.1 Å². The Hall–Kier alpha value is -2.74. The quantitative estimate of drug-likeness (QED) is 0.797. The van der Waals surface area contributed by atoms with Crippen LogP contribution < -0.4 is 10.0 Å². The number of rotatable bonds is 5. The van der Waals surface area contributed by atoms with Crippen molar-refractivity contribution in [2.24, 2.45) is 0 Å². The molecule has 1 aliphatic rings. The molecule has 2 aromatic rings. The predicted octanol–water partition coefficient (Wildman–Crippen LogP) is 2.72. The highest BCUT2D eigenvalue weighted by Gasteiger charge is 2.16. The van der Waals surface area contributed by atoms with Gasteiger partial charge in [0, 0.05) is 36.3 Å². The Bertz CT molecular complexity index is 878. The van der Waals surface area contributed by atoms with Crippen LogP contribution in [0.4, 0.5) is 11.6 Å². The van der Waals surface area contributed by atoms with E-state index < -0.39 is 10.0 Å². The van der Waals surface area contributed by atoms with E-state index in [-0.39, 0.29) is 16.6 Å². The third kappa shape index (κ3) is 4.42. The predicted molar refractivity (Wildman–Crippen MR) is 94.5 cm³/mol. The summed E-state index contributed by atoms with van der Waals surface area (Å²) in [7, 11) is -3.75. The van der Waals surface area contributed by atoms with E-state index in [2.05, 4.69) is 20.0 Å². The number of benzene rings is 1. The molecule has 0 unspecified atom stereocenters. The Morgan fingerprint density at radius 1 is 1.00 bits per heavy atom. The van der Waals surface area contributed by atoms with Crippen molar-refractivity contribution in [1.82, 2.24) is 9.97 Å². The number of carbonyl (C=O) groups is 1. The van der Waals surface area contributed by atoms with Crippen LogP contribution in [-0.4, -0.2) is 24.2 Å². The fourth-order valence-corrected chi connectivity index (χ4v) is 3.44. The zero-order valence-electron chi connectivity index (χ0n) is 13.5. The number of hydrogen-bond donors (Lipinski definition) is 2. The van der Waals surface area contributed by atoms with E-state index in [1.165, 1.54) is 24.5 Å². The number of nitrogens with one attached hydrogen (secondary N) is 2. The molecule has 1 aromatic heterocycles. The van der Waals surface area contributed by atoms with Gasteiger partial charge in [-0.2, -0.15) is 0 Å². The van der Waals surface area contributed by atoms with Crippen molar-refractivity contribution in [3.63, 3.8) is 0 Å². The Morgan fingerprint density at radius 2 is 1.68 bits per heavy atom. The first-order chi connectivity index (χ1) is 12.0. The van der Waals surface area contributed by atoms with Crippen molar-refractivity contribution in [2.45, 2.75) is 30.6 Å². The highest BCUT2D eigenvalue weighted by Crippen LogP contribution is 2.21. The minimum absolute atomic E-state index is 0.0187. The van der Waals surface area contributed by atoms with E-state index >= 15 is 0 Å². The van der Waals surface area contributed by atoms with Crippen molar-refractivity contribution < 1.29 is 13.2 Å². The lowest BCUT2D eigenvalue weighted by molar-refractivity contribution is -0.116. The number of carbonyl (C=O) groups excluding carboxylic acids is 1. The molecular formula is C17H18N4O3S. The molecule has 0 aliphatic heterocycles. The van der Waals surface area contributed by atoms with Gasteiger partial charge in [-0.15, -0.1) is 0 Å². The van der Waals surface area contributed by atoms with E-state index in [1.807, 2.05) is 0 Å². The SMILES string of the molecule is O=C1CCCC/C1=C\Nc1ccc(S(=O)(=O)Nc2ncccn2)cc1. The van der Waals surface area contributed by atoms with Crippen molar-refractivity contribution >= 4 is 27.4 Å². The average Bonchev–Trinajstić information content (AvgIpc) is 2.62. The molecule has 3 rings (SSSR count). The molecule has 1 aliphatic carbocycles. The lowest BCUT2D eigenvalue weighted by Crippen LogP contribution is -2.14. The minimum atomic E-state index is -3.75. The van der Waals surface area contributed by atoms with E-state index in [0.717, 1.165) is 24.8 Å². The van der Waals surface area contributed by atoms with Crippen molar-refractivity contribution in [3.8, 4) is 0 Å².